The predicted octanol–water partition coefficient (Wildman–Crippen LogP) is 4.72. The maximum atomic E-state index is 12.4. The van der Waals surface area contributed by atoms with E-state index in [1.807, 2.05) is 0 Å². The second kappa shape index (κ2) is 9.49. The topological polar surface area (TPSA) is 61.8 Å². The normalized spacial score (nSPS) is 10.7. The fraction of sp³-hybridized carbons (Fsp3) is 0.294. The molecule has 1 aromatic carbocycles. The van der Waals surface area contributed by atoms with Crippen LogP contribution >= 0.6 is 22.9 Å². The smallest absolute Gasteiger partial charge is 0.387 e. The minimum Gasteiger partial charge on any atom is -0.493 e. The van der Waals surface area contributed by atoms with Crippen molar-refractivity contribution in [3.63, 3.8) is 0 Å². The lowest BCUT2D eigenvalue weighted by Gasteiger charge is -2.13. The SMILES string of the molecule is COc1cc(COC(=O)CCC(=O)c2cccs2)cc(Cl)c1OC(F)F. The van der Waals surface area contributed by atoms with E-state index in [0.717, 1.165) is 0 Å². The van der Waals surface area contributed by atoms with Gasteiger partial charge in [-0.1, -0.05) is 17.7 Å². The van der Waals surface area contributed by atoms with Crippen LogP contribution in [0.2, 0.25) is 5.02 Å². The van der Waals surface area contributed by atoms with Crippen molar-refractivity contribution in [2.24, 2.45) is 0 Å². The number of ether oxygens (including phenoxy) is 3. The van der Waals surface area contributed by atoms with Crippen LogP contribution in [-0.4, -0.2) is 25.5 Å². The van der Waals surface area contributed by atoms with E-state index in [1.165, 1.54) is 30.6 Å². The number of carbonyl (C=O) groups is 2. The zero-order valence-electron chi connectivity index (χ0n) is 13.7. The minimum atomic E-state index is -3.05. The molecule has 0 atom stereocenters. The summed E-state index contributed by atoms with van der Waals surface area (Å²) in [7, 11) is 1.27. The van der Waals surface area contributed by atoms with Crippen LogP contribution in [0.25, 0.3) is 0 Å². The van der Waals surface area contributed by atoms with Gasteiger partial charge in [-0.2, -0.15) is 8.78 Å². The predicted molar refractivity (Wildman–Crippen MR) is 92.3 cm³/mol. The Kier molecular flexibility index (Phi) is 7.35. The molecule has 0 N–H and O–H groups in total. The molecule has 9 heteroatoms. The zero-order chi connectivity index (χ0) is 19.1. The summed E-state index contributed by atoms with van der Waals surface area (Å²) in [6, 6.07) is 6.17. The summed E-state index contributed by atoms with van der Waals surface area (Å²) in [5.74, 6) is -0.981. The highest BCUT2D eigenvalue weighted by Gasteiger charge is 2.17. The van der Waals surface area contributed by atoms with E-state index in [9.17, 15) is 18.4 Å². The van der Waals surface area contributed by atoms with E-state index in [1.54, 1.807) is 17.5 Å². The molecule has 0 amide bonds. The molecule has 1 heterocycles. The molecule has 0 aliphatic rings. The Balaban J connectivity index is 1.91. The molecular formula is C17H15ClF2O5S. The average Bonchev–Trinajstić information content (AvgIpc) is 3.14. The van der Waals surface area contributed by atoms with Gasteiger partial charge >= 0.3 is 12.6 Å². The third-order valence-corrected chi connectivity index (χ3v) is 4.44. The van der Waals surface area contributed by atoms with E-state index in [2.05, 4.69) is 4.74 Å². The Morgan fingerprint density at radius 3 is 2.65 bits per heavy atom. The van der Waals surface area contributed by atoms with Gasteiger partial charge in [-0.3, -0.25) is 9.59 Å². The molecule has 26 heavy (non-hydrogen) atoms. The van der Waals surface area contributed by atoms with Crippen molar-refractivity contribution in [3.05, 3.63) is 45.1 Å². The molecule has 0 spiro atoms. The second-order valence-electron chi connectivity index (χ2n) is 5.05. The van der Waals surface area contributed by atoms with Gasteiger partial charge in [-0.15, -0.1) is 11.3 Å². The Bertz CT molecular complexity index is 765. The molecule has 0 unspecified atom stereocenters. The van der Waals surface area contributed by atoms with Gasteiger partial charge in [0.15, 0.2) is 17.3 Å². The molecule has 0 radical (unpaired) electrons. The number of ketones is 1. The first kappa shape index (κ1) is 20.1. The van der Waals surface area contributed by atoms with Crippen molar-refractivity contribution in [2.75, 3.05) is 7.11 Å². The van der Waals surface area contributed by atoms with Gasteiger partial charge < -0.3 is 14.2 Å². The maximum Gasteiger partial charge on any atom is 0.387 e. The van der Waals surface area contributed by atoms with Crippen LogP contribution in [0.5, 0.6) is 11.5 Å². The van der Waals surface area contributed by atoms with Gasteiger partial charge in [0, 0.05) is 6.42 Å². The lowest BCUT2D eigenvalue weighted by atomic mass is 10.2. The molecular weight excluding hydrogens is 390 g/mol. The van der Waals surface area contributed by atoms with Crippen molar-refractivity contribution in [2.45, 2.75) is 26.1 Å². The Morgan fingerprint density at radius 1 is 1.27 bits per heavy atom. The Morgan fingerprint density at radius 2 is 2.04 bits per heavy atom. The molecule has 1 aromatic heterocycles. The lowest BCUT2D eigenvalue weighted by Crippen LogP contribution is -2.08. The monoisotopic (exact) mass is 404 g/mol. The highest BCUT2D eigenvalue weighted by molar-refractivity contribution is 7.12. The van der Waals surface area contributed by atoms with Crippen molar-refractivity contribution in [1.29, 1.82) is 0 Å². The standard InChI is InChI=1S/C17H15ClF2O5S/c1-23-13-8-10(7-11(18)16(13)25-17(19)20)9-24-15(22)5-4-12(21)14-3-2-6-26-14/h2-3,6-8,17H,4-5,9H2,1H3. The van der Waals surface area contributed by atoms with Crippen molar-refractivity contribution < 1.29 is 32.6 Å². The summed E-state index contributed by atoms with van der Waals surface area (Å²) in [5, 5.41) is 1.69. The number of benzene rings is 1. The average molecular weight is 405 g/mol. The Labute approximate surface area is 157 Å². The second-order valence-corrected chi connectivity index (χ2v) is 6.40. The first-order chi connectivity index (χ1) is 12.4. The number of carbonyl (C=O) groups excluding carboxylic acids is 2. The van der Waals surface area contributed by atoms with Crippen LogP contribution in [-0.2, 0) is 16.1 Å². The number of thiophene rings is 1. The largest absolute Gasteiger partial charge is 0.493 e. The molecule has 5 nitrogen and oxygen atoms in total. The summed E-state index contributed by atoms with van der Waals surface area (Å²) in [6.07, 6.45) is -0.0151. The summed E-state index contributed by atoms with van der Waals surface area (Å²) in [4.78, 5) is 24.2. The Hall–Kier alpha value is -2.19. The number of hydrogen-bond acceptors (Lipinski definition) is 6. The number of esters is 1. The molecule has 0 saturated heterocycles. The van der Waals surface area contributed by atoms with Crippen molar-refractivity contribution in [3.8, 4) is 11.5 Å². The summed E-state index contributed by atoms with van der Waals surface area (Å²) >= 11 is 7.22. The van der Waals surface area contributed by atoms with Gasteiger partial charge in [0.2, 0.25) is 0 Å². The van der Waals surface area contributed by atoms with Gasteiger partial charge in [0.05, 0.1) is 23.4 Å². The molecule has 0 aliphatic heterocycles. The maximum absolute atomic E-state index is 12.4. The molecule has 0 fully saturated rings. The summed E-state index contributed by atoms with van der Waals surface area (Å²) < 4.78 is 39.1. The van der Waals surface area contributed by atoms with Crippen molar-refractivity contribution in [1.82, 2.24) is 0 Å². The van der Waals surface area contributed by atoms with E-state index < -0.39 is 12.6 Å². The van der Waals surface area contributed by atoms with E-state index in [0.29, 0.717) is 10.4 Å². The van der Waals surface area contributed by atoms with E-state index in [-0.39, 0.29) is 41.8 Å². The van der Waals surface area contributed by atoms with Gasteiger partial charge in [0.1, 0.15) is 6.61 Å². The van der Waals surface area contributed by atoms with E-state index >= 15 is 0 Å². The minimum absolute atomic E-state index is 0.00304. The fourth-order valence-electron chi connectivity index (χ4n) is 2.07. The van der Waals surface area contributed by atoms with Crippen LogP contribution in [0.15, 0.2) is 29.6 Å². The molecule has 2 rings (SSSR count). The van der Waals surface area contributed by atoms with Crippen LogP contribution in [0.1, 0.15) is 28.1 Å². The first-order valence-electron chi connectivity index (χ1n) is 7.44. The quantitative estimate of drug-likeness (QED) is 0.447. The fourth-order valence-corrected chi connectivity index (χ4v) is 3.04. The number of hydrogen-bond donors (Lipinski definition) is 0. The van der Waals surface area contributed by atoms with Gasteiger partial charge in [-0.05, 0) is 29.1 Å². The van der Waals surface area contributed by atoms with E-state index in [4.69, 9.17) is 21.1 Å². The molecule has 0 aliphatic carbocycles. The molecule has 140 valence electrons. The third-order valence-electron chi connectivity index (χ3n) is 3.25. The van der Waals surface area contributed by atoms with Crippen LogP contribution < -0.4 is 9.47 Å². The number of alkyl halides is 2. The zero-order valence-corrected chi connectivity index (χ0v) is 15.2. The lowest BCUT2D eigenvalue weighted by molar-refractivity contribution is -0.144. The number of Topliss-reactive ketones (excluding diaryl/α,β-unsaturated/α-hetero) is 1. The number of methoxy groups -OCH3 is 1. The number of halogens is 3. The molecule has 0 bridgehead atoms. The van der Waals surface area contributed by atoms with Gasteiger partial charge in [0.25, 0.3) is 0 Å². The summed E-state index contributed by atoms with van der Waals surface area (Å²) in [5.41, 5.74) is 0.436. The highest BCUT2D eigenvalue weighted by atomic mass is 35.5. The first-order valence-corrected chi connectivity index (χ1v) is 8.70. The third kappa shape index (κ3) is 5.67. The molecule has 2 aromatic rings. The van der Waals surface area contributed by atoms with Crippen LogP contribution in [0, 0.1) is 0 Å². The van der Waals surface area contributed by atoms with Crippen molar-refractivity contribution >= 4 is 34.7 Å². The molecule has 0 saturated carbocycles. The summed E-state index contributed by atoms with van der Waals surface area (Å²) in [6.45, 7) is -3.19. The van der Waals surface area contributed by atoms with Crippen LogP contribution in [0.4, 0.5) is 8.78 Å². The highest BCUT2D eigenvalue weighted by Crippen LogP contribution is 2.37. The van der Waals surface area contributed by atoms with Gasteiger partial charge in [-0.25, -0.2) is 0 Å². The van der Waals surface area contributed by atoms with Crippen LogP contribution in [0.3, 0.4) is 0 Å². The number of rotatable bonds is 9.